The van der Waals surface area contributed by atoms with Gasteiger partial charge in [0.1, 0.15) is 5.82 Å². The number of aryl methyl sites for hydroxylation is 2. The predicted octanol–water partition coefficient (Wildman–Crippen LogP) is 3.76. The Kier molecular flexibility index (Phi) is 4.97. The van der Waals surface area contributed by atoms with Gasteiger partial charge in [0, 0.05) is 17.5 Å². The lowest BCUT2D eigenvalue weighted by molar-refractivity contribution is 0.387. The van der Waals surface area contributed by atoms with Crippen LogP contribution in [0.2, 0.25) is 0 Å². The Labute approximate surface area is 160 Å². The maximum Gasteiger partial charge on any atom is 0.236 e. The topological polar surface area (TPSA) is 82.5 Å². The number of thioether (sulfide) groups is 1. The van der Waals surface area contributed by atoms with Gasteiger partial charge >= 0.3 is 0 Å². The van der Waals surface area contributed by atoms with Gasteiger partial charge in [-0.05, 0) is 26.0 Å². The van der Waals surface area contributed by atoms with Crippen LogP contribution in [0.15, 0.2) is 53.2 Å². The molecule has 0 spiro atoms. The molecule has 7 nitrogen and oxygen atoms in total. The van der Waals surface area contributed by atoms with E-state index in [0.717, 1.165) is 22.8 Å². The van der Waals surface area contributed by atoms with Crippen LogP contribution in [0.3, 0.4) is 0 Å². The summed E-state index contributed by atoms with van der Waals surface area (Å²) in [6.07, 6.45) is 1.78. The van der Waals surface area contributed by atoms with Crippen molar-refractivity contribution in [1.82, 2.24) is 29.9 Å². The minimum Gasteiger partial charge on any atom is -0.338 e. The molecule has 0 fully saturated rings. The average molecular weight is 378 g/mol. The van der Waals surface area contributed by atoms with E-state index in [0.29, 0.717) is 29.0 Å². The van der Waals surface area contributed by atoms with Crippen molar-refractivity contribution >= 4 is 11.8 Å². The van der Waals surface area contributed by atoms with Crippen LogP contribution in [0.25, 0.3) is 17.1 Å². The predicted molar refractivity (Wildman–Crippen MR) is 103 cm³/mol. The van der Waals surface area contributed by atoms with Gasteiger partial charge in [0.2, 0.25) is 5.89 Å². The fraction of sp³-hybridized carbons (Fsp3) is 0.211. The molecule has 27 heavy (non-hydrogen) atoms. The molecule has 0 N–H and O–H groups in total. The van der Waals surface area contributed by atoms with Crippen molar-refractivity contribution in [3.8, 4) is 17.1 Å². The summed E-state index contributed by atoms with van der Waals surface area (Å²) in [6.45, 7) is 3.77. The molecule has 0 saturated heterocycles. The second-order valence-electron chi connectivity index (χ2n) is 6.01. The van der Waals surface area contributed by atoms with Crippen LogP contribution < -0.4 is 0 Å². The molecule has 8 heteroatoms. The summed E-state index contributed by atoms with van der Waals surface area (Å²) in [5, 5.41) is 8.56. The smallest absolute Gasteiger partial charge is 0.236 e. The minimum absolute atomic E-state index is 0.617. The summed E-state index contributed by atoms with van der Waals surface area (Å²) in [7, 11) is 0. The summed E-state index contributed by atoms with van der Waals surface area (Å²) >= 11 is 1.66. The molecule has 3 heterocycles. The molecule has 0 saturated carbocycles. The van der Waals surface area contributed by atoms with Crippen LogP contribution in [-0.2, 0) is 11.5 Å². The Morgan fingerprint density at radius 1 is 1.04 bits per heavy atom. The van der Waals surface area contributed by atoms with Crippen molar-refractivity contribution in [1.29, 1.82) is 0 Å². The highest BCUT2D eigenvalue weighted by atomic mass is 32.2. The quantitative estimate of drug-likeness (QED) is 0.505. The summed E-state index contributed by atoms with van der Waals surface area (Å²) in [6, 6.07) is 13.9. The van der Waals surface area contributed by atoms with Crippen LogP contribution in [0.4, 0.5) is 0 Å². The summed E-state index contributed by atoms with van der Waals surface area (Å²) in [4.78, 5) is 13.3. The second kappa shape index (κ2) is 7.71. The number of aromatic nitrogens is 6. The van der Waals surface area contributed by atoms with E-state index in [1.807, 2.05) is 61.0 Å². The summed E-state index contributed by atoms with van der Waals surface area (Å²) < 4.78 is 7.05. The molecule has 0 amide bonds. The lowest BCUT2D eigenvalue weighted by Crippen LogP contribution is -2.03. The number of nitrogens with zero attached hydrogens (tertiary/aromatic N) is 6. The Balaban J connectivity index is 1.62. The summed E-state index contributed by atoms with van der Waals surface area (Å²) in [5.74, 6) is 4.13. The first-order valence-electron chi connectivity index (χ1n) is 8.50. The molecule has 4 rings (SSSR count). The van der Waals surface area contributed by atoms with Crippen LogP contribution in [-0.4, -0.2) is 29.9 Å². The first-order valence-corrected chi connectivity index (χ1v) is 9.66. The average Bonchev–Trinajstić information content (AvgIpc) is 3.29. The zero-order chi connectivity index (χ0) is 18.6. The number of hydrogen-bond donors (Lipinski definition) is 0. The van der Waals surface area contributed by atoms with E-state index in [1.165, 1.54) is 0 Å². The molecule has 0 unspecified atom stereocenters. The second-order valence-corrected chi connectivity index (χ2v) is 7.00. The van der Waals surface area contributed by atoms with Gasteiger partial charge in [-0.1, -0.05) is 35.5 Å². The van der Waals surface area contributed by atoms with Gasteiger partial charge in [-0.2, -0.15) is 4.98 Å². The number of hydrogen-bond acceptors (Lipinski definition) is 7. The molecule has 0 radical (unpaired) electrons. The van der Waals surface area contributed by atoms with Crippen LogP contribution in [0.1, 0.15) is 23.2 Å². The first kappa shape index (κ1) is 17.4. The van der Waals surface area contributed by atoms with E-state index in [9.17, 15) is 0 Å². The van der Waals surface area contributed by atoms with Crippen molar-refractivity contribution in [2.45, 2.75) is 25.4 Å². The Morgan fingerprint density at radius 3 is 2.63 bits per heavy atom. The van der Waals surface area contributed by atoms with Gasteiger partial charge in [0.25, 0.3) is 0 Å². The molecular weight excluding hydrogens is 360 g/mol. The maximum absolute atomic E-state index is 5.17. The molecule has 0 aliphatic carbocycles. The van der Waals surface area contributed by atoms with Gasteiger partial charge in [-0.3, -0.25) is 4.98 Å². The third-order valence-electron chi connectivity index (χ3n) is 3.86. The third-order valence-corrected chi connectivity index (χ3v) is 4.77. The summed E-state index contributed by atoms with van der Waals surface area (Å²) in [5.41, 5.74) is 2.87. The SMILES string of the molecule is Cc1cc(-n2nc(-c3ccccc3)nc2CSCc2nc(C)no2)ccn1. The highest BCUT2D eigenvalue weighted by Gasteiger charge is 2.14. The zero-order valence-electron chi connectivity index (χ0n) is 15.0. The van der Waals surface area contributed by atoms with Gasteiger partial charge in [-0.15, -0.1) is 16.9 Å². The molecule has 1 aromatic carbocycles. The van der Waals surface area contributed by atoms with Crippen molar-refractivity contribution in [2.75, 3.05) is 0 Å². The normalized spacial score (nSPS) is 11.0. The van der Waals surface area contributed by atoms with Gasteiger partial charge in [0.05, 0.1) is 17.2 Å². The third kappa shape index (κ3) is 4.06. The lowest BCUT2D eigenvalue weighted by Gasteiger charge is -2.05. The van der Waals surface area contributed by atoms with Gasteiger partial charge in [-0.25, -0.2) is 9.67 Å². The Bertz CT molecular complexity index is 1040. The molecule has 4 aromatic rings. The standard InChI is InChI=1S/C19H18N6OS/c1-13-10-16(8-9-20-13)25-17(11-27-12-18-21-14(2)24-26-18)22-19(23-25)15-6-4-3-5-7-15/h3-10H,11-12H2,1-2H3. The van der Waals surface area contributed by atoms with Gasteiger partial charge < -0.3 is 4.52 Å². The molecule has 3 aromatic heterocycles. The van der Waals surface area contributed by atoms with E-state index in [2.05, 4.69) is 15.1 Å². The highest BCUT2D eigenvalue weighted by Crippen LogP contribution is 2.22. The van der Waals surface area contributed by atoms with Crippen molar-refractivity contribution in [2.24, 2.45) is 0 Å². The number of pyridine rings is 1. The Morgan fingerprint density at radius 2 is 1.89 bits per heavy atom. The lowest BCUT2D eigenvalue weighted by atomic mass is 10.2. The highest BCUT2D eigenvalue weighted by molar-refractivity contribution is 7.97. The maximum atomic E-state index is 5.17. The number of rotatable bonds is 6. The van der Waals surface area contributed by atoms with Crippen LogP contribution in [0, 0.1) is 13.8 Å². The molecule has 0 aliphatic heterocycles. The van der Waals surface area contributed by atoms with Crippen molar-refractivity contribution in [3.05, 3.63) is 71.9 Å². The van der Waals surface area contributed by atoms with E-state index >= 15 is 0 Å². The Hall–Kier alpha value is -3.00. The van der Waals surface area contributed by atoms with E-state index in [1.54, 1.807) is 18.0 Å². The van der Waals surface area contributed by atoms with Crippen molar-refractivity contribution in [3.63, 3.8) is 0 Å². The van der Waals surface area contributed by atoms with E-state index < -0.39 is 0 Å². The van der Waals surface area contributed by atoms with Crippen LogP contribution >= 0.6 is 11.8 Å². The van der Waals surface area contributed by atoms with E-state index in [4.69, 9.17) is 14.6 Å². The molecular formula is C19H18N6OS. The molecule has 0 aliphatic rings. The molecule has 136 valence electrons. The monoisotopic (exact) mass is 378 g/mol. The van der Waals surface area contributed by atoms with Gasteiger partial charge in [0.15, 0.2) is 11.6 Å². The van der Waals surface area contributed by atoms with Crippen LogP contribution in [0.5, 0.6) is 0 Å². The zero-order valence-corrected chi connectivity index (χ0v) is 15.8. The minimum atomic E-state index is 0.617. The fourth-order valence-electron chi connectivity index (χ4n) is 2.64. The molecule has 0 atom stereocenters. The van der Waals surface area contributed by atoms with E-state index in [-0.39, 0.29) is 0 Å². The fourth-order valence-corrected chi connectivity index (χ4v) is 3.41. The number of benzene rings is 1. The largest absolute Gasteiger partial charge is 0.338 e. The first-order chi connectivity index (χ1) is 13.2. The van der Waals surface area contributed by atoms with Crippen molar-refractivity contribution < 1.29 is 4.52 Å². The molecule has 0 bridgehead atoms.